The summed E-state index contributed by atoms with van der Waals surface area (Å²) in [5.74, 6) is -1.81. The maximum atomic E-state index is 13.3. The van der Waals surface area contributed by atoms with Gasteiger partial charge in [0.2, 0.25) is 11.8 Å². The first-order valence-electron chi connectivity index (χ1n) is 8.69. The third-order valence-corrected chi connectivity index (χ3v) is 4.78. The number of alkyl halides is 2. The molecular formula is C20H23F2NO2. The number of hydrogen-bond donors (Lipinski definition) is 1. The summed E-state index contributed by atoms with van der Waals surface area (Å²) in [6, 6.07) is 3.77. The Morgan fingerprint density at radius 1 is 1.36 bits per heavy atom. The molecule has 0 saturated heterocycles. The van der Waals surface area contributed by atoms with Crippen molar-refractivity contribution < 1.29 is 18.3 Å². The van der Waals surface area contributed by atoms with Crippen LogP contribution in [0, 0.1) is 5.92 Å². The SMILES string of the molecule is C=CC(=O)Nc1cc(/C=C/C2CCC(F)(F)CC2)c2c(c1)CC(C)O2. The van der Waals surface area contributed by atoms with Crippen LogP contribution >= 0.6 is 0 Å². The van der Waals surface area contributed by atoms with E-state index in [4.69, 9.17) is 4.74 Å². The third-order valence-electron chi connectivity index (χ3n) is 4.78. The number of nitrogens with one attached hydrogen (secondary N) is 1. The van der Waals surface area contributed by atoms with Crippen LogP contribution in [0.3, 0.4) is 0 Å². The predicted molar refractivity (Wildman–Crippen MR) is 95.0 cm³/mol. The van der Waals surface area contributed by atoms with E-state index in [0.717, 1.165) is 23.3 Å². The summed E-state index contributed by atoms with van der Waals surface area (Å²) >= 11 is 0. The maximum absolute atomic E-state index is 13.3. The van der Waals surface area contributed by atoms with Crippen LogP contribution < -0.4 is 10.1 Å². The second kappa shape index (κ2) is 6.98. The topological polar surface area (TPSA) is 38.3 Å². The van der Waals surface area contributed by atoms with Gasteiger partial charge in [-0.05, 0) is 43.9 Å². The predicted octanol–water partition coefficient (Wildman–Crippen LogP) is 4.97. The lowest BCUT2D eigenvalue weighted by atomic mass is 9.86. The van der Waals surface area contributed by atoms with Gasteiger partial charge in [-0.3, -0.25) is 4.79 Å². The van der Waals surface area contributed by atoms with E-state index in [-0.39, 0.29) is 30.8 Å². The van der Waals surface area contributed by atoms with Gasteiger partial charge in [0.05, 0.1) is 0 Å². The second-order valence-corrected chi connectivity index (χ2v) is 6.93. The molecule has 2 aliphatic rings. The van der Waals surface area contributed by atoms with Crippen molar-refractivity contribution >= 4 is 17.7 Å². The summed E-state index contributed by atoms with van der Waals surface area (Å²) in [4.78, 5) is 11.6. The minimum atomic E-state index is -2.51. The molecule has 3 nitrogen and oxygen atoms in total. The summed E-state index contributed by atoms with van der Waals surface area (Å²) in [7, 11) is 0. The Hall–Kier alpha value is -2.17. The molecule has 1 aromatic carbocycles. The number of rotatable bonds is 4. The molecule has 5 heteroatoms. The van der Waals surface area contributed by atoms with Crippen LogP contribution in [-0.2, 0) is 11.2 Å². The van der Waals surface area contributed by atoms with Crippen molar-refractivity contribution in [3.05, 3.63) is 42.0 Å². The van der Waals surface area contributed by atoms with Gasteiger partial charge in [-0.15, -0.1) is 0 Å². The molecule has 1 saturated carbocycles. The van der Waals surface area contributed by atoms with E-state index in [1.807, 2.05) is 31.2 Å². The molecule has 1 amide bonds. The molecule has 1 fully saturated rings. The number of fused-ring (bicyclic) bond motifs is 1. The van der Waals surface area contributed by atoms with Gasteiger partial charge >= 0.3 is 0 Å². The Morgan fingerprint density at radius 2 is 2.08 bits per heavy atom. The molecule has 0 radical (unpaired) electrons. The van der Waals surface area contributed by atoms with Gasteiger partial charge in [0.15, 0.2) is 0 Å². The minimum absolute atomic E-state index is 0.0525. The van der Waals surface area contributed by atoms with E-state index in [9.17, 15) is 13.6 Å². The van der Waals surface area contributed by atoms with E-state index in [1.54, 1.807) is 0 Å². The Kier molecular flexibility index (Phi) is 4.93. The highest BCUT2D eigenvalue weighted by Crippen LogP contribution is 2.39. The highest BCUT2D eigenvalue weighted by Gasteiger charge is 2.34. The van der Waals surface area contributed by atoms with Crippen molar-refractivity contribution in [2.24, 2.45) is 5.92 Å². The monoisotopic (exact) mass is 347 g/mol. The van der Waals surface area contributed by atoms with E-state index >= 15 is 0 Å². The van der Waals surface area contributed by atoms with Crippen LogP contribution in [0.4, 0.5) is 14.5 Å². The van der Waals surface area contributed by atoms with Crippen molar-refractivity contribution in [1.29, 1.82) is 0 Å². The van der Waals surface area contributed by atoms with Gasteiger partial charge in [0, 0.05) is 36.1 Å². The summed E-state index contributed by atoms with van der Waals surface area (Å²) in [5, 5.41) is 2.78. The van der Waals surface area contributed by atoms with E-state index in [0.29, 0.717) is 18.5 Å². The van der Waals surface area contributed by atoms with Crippen LogP contribution in [-0.4, -0.2) is 17.9 Å². The quantitative estimate of drug-likeness (QED) is 0.781. The first-order valence-corrected chi connectivity index (χ1v) is 8.69. The van der Waals surface area contributed by atoms with Crippen LogP contribution in [0.5, 0.6) is 5.75 Å². The lowest BCUT2D eigenvalue weighted by Crippen LogP contribution is -2.23. The van der Waals surface area contributed by atoms with Crippen LogP contribution in [0.15, 0.2) is 30.9 Å². The van der Waals surface area contributed by atoms with Gasteiger partial charge in [-0.2, -0.15) is 0 Å². The number of benzene rings is 1. The number of halogens is 2. The Balaban J connectivity index is 1.81. The smallest absolute Gasteiger partial charge is 0.248 e. The molecule has 0 aromatic heterocycles. The average molecular weight is 347 g/mol. The average Bonchev–Trinajstić information content (AvgIpc) is 2.93. The molecule has 134 valence electrons. The molecule has 0 bridgehead atoms. The zero-order chi connectivity index (χ0) is 18.0. The maximum Gasteiger partial charge on any atom is 0.248 e. The highest BCUT2D eigenvalue weighted by atomic mass is 19.3. The van der Waals surface area contributed by atoms with E-state index in [2.05, 4.69) is 11.9 Å². The number of hydrogen-bond acceptors (Lipinski definition) is 2. The van der Waals surface area contributed by atoms with Crippen molar-refractivity contribution in [3.63, 3.8) is 0 Å². The zero-order valence-electron chi connectivity index (χ0n) is 14.4. The largest absolute Gasteiger partial charge is 0.489 e. The molecule has 3 rings (SSSR count). The molecule has 25 heavy (non-hydrogen) atoms. The molecule has 1 N–H and O–H groups in total. The first kappa shape index (κ1) is 17.6. The molecule has 1 aliphatic heterocycles. The van der Waals surface area contributed by atoms with Gasteiger partial charge in [0.25, 0.3) is 0 Å². The van der Waals surface area contributed by atoms with Crippen molar-refractivity contribution in [1.82, 2.24) is 0 Å². The number of carbonyl (C=O) groups is 1. The normalized spacial score (nSPS) is 22.4. The van der Waals surface area contributed by atoms with Gasteiger partial charge < -0.3 is 10.1 Å². The molecule has 0 spiro atoms. The number of ether oxygens (including phenoxy) is 1. The molecule has 1 aliphatic carbocycles. The summed E-state index contributed by atoms with van der Waals surface area (Å²) < 4.78 is 32.5. The number of carbonyl (C=O) groups excluding carboxylic acids is 1. The van der Waals surface area contributed by atoms with Crippen molar-refractivity contribution in [2.75, 3.05) is 5.32 Å². The fourth-order valence-electron chi connectivity index (χ4n) is 3.45. The fourth-order valence-corrected chi connectivity index (χ4v) is 3.45. The lowest BCUT2D eigenvalue weighted by molar-refractivity contribution is -0.111. The zero-order valence-corrected chi connectivity index (χ0v) is 14.4. The van der Waals surface area contributed by atoms with Crippen molar-refractivity contribution in [3.8, 4) is 5.75 Å². The van der Waals surface area contributed by atoms with Gasteiger partial charge in [0.1, 0.15) is 11.9 Å². The van der Waals surface area contributed by atoms with Crippen LogP contribution in [0.2, 0.25) is 0 Å². The fraction of sp³-hybridized carbons (Fsp3) is 0.450. The molecule has 1 heterocycles. The number of allylic oxidation sites excluding steroid dienone is 1. The summed E-state index contributed by atoms with van der Waals surface area (Å²) in [6.07, 6.45) is 6.91. The van der Waals surface area contributed by atoms with Gasteiger partial charge in [-0.1, -0.05) is 18.7 Å². The molecule has 1 atom stereocenters. The summed E-state index contributed by atoms with van der Waals surface area (Å²) in [5.41, 5.74) is 2.61. The second-order valence-electron chi connectivity index (χ2n) is 6.93. The number of anilines is 1. The van der Waals surface area contributed by atoms with Gasteiger partial charge in [-0.25, -0.2) is 8.78 Å². The molecule has 1 unspecified atom stereocenters. The number of amides is 1. The summed E-state index contributed by atoms with van der Waals surface area (Å²) in [6.45, 7) is 5.46. The molecule has 1 aromatic rings. The first-order chi connectivity index (χ1) is 11.9. The minimum Gasteiger partial charge on any atom is -0.489 e. The van der Waals surface area contributed by atoms with Crippen molar-refractivity contribution in [2.45, 2.75) is 51.1 Å². The Bertz CT molecular complexity index is 702. The standard InChI is InChI=1S/C20H23F2NO2/c1-3-18(24)23-17-11-15(19-16(12-17)10-13(2)25-19)5-4-14-6-8-20(21,22)9-7-14/h3-5,11-14H,1,6-10H2,2H3,(H,23,24)/b5-4+. The van der Waals surface area contributed by atoms with E-state index < -0.39 is 5.92 Å². The highest BCUT2D eigenvalue weighted by molar-refractivity contribution is 5.99. The lowest BCUT2D eigenvalue weighted by Gasteiger charge is -2.26. The van der Waals surface area contributed by atoms with E-state index in [1.165, 1.54) is 6.08 Å². The molecular weight excluding hydrogens is 324 g/mol. The van der Waals surface area contributed by atoms with Crippen LogP contribution in [0.25, 0.3) is 6.08 Å². The Morgan fingerprint density at radius 3 is 2.76 bits per heavy atom. The third kappa shape index (κ3) is 4.27. The Labute approximate surface area is 146 Å². The van der Waals surface area contributed by atoms with Crippen LogP contribution in [0.1, 0.15) is 43.7 Å².